The Hall–Kier alpha value is -4.06. The number of hydrogen-bond acceptors (Lipinski definition) is 8. The van der Waals surface area contributed by atoms with E-state index in [1.807, 2.05) is 39.8 Å². The van der Waals surface area contributed by atoms with E-state index in [4.69, 9.17) is 16.1 Å². The van der Waals surface area contributed by atoms with Gasteiger partial charge in [-0.3, -0.25) is 4.98 Å². The van der Waals surface area contributed by atoms with E-state index >= 15 is 0 Å². The lowest BCUT2D eigenvalue weighted by molar-refractivity contribution is 0.0386. The molecule has 36 heavy (non-hydrogen) atoms. The van der Waals surface area contributed by atoms with Crippen LogP contribution < -0.4 is 16.0 Å². The second-order valence-electron chi connectivity index (χ2n) is 9.48. The molecule has 0 unspecified atom stereocenters. The van der Waals surface area contributed by atoms with E-state index in [1.54, 1.807) is 23.3 Å². The average molecular weight is 489 g/mol. The largest absolute Gasteiger partial charge is 0.474 e. The number of terminal acetylenes is 1. The van der Waals surface area contributed by atoms with Crippen LogP contribution in [-0.4, -0.2) is 43.1 Å². The standard InChI is InChI=1S/C27H36N8O/c1-9-20-14-18(4)25(29-16-21(10-2)31-19(5)36-27(6,7)8)33-26(20)32-22-15-24(23(11-3)28-17-22)35-13-12-30-34-35/h1,12-15,17,21,31H,5,10-11,16H2,2-4,6-8H3,(H2,29,32,33)/t21-/m0/s1. The molecule has 3 aromatic rings. The number of ether oxygens (including phenoxy) is 1. The molecule has 3 aromatic heterocycles. The first-order valence-corrected chi connectivity index (χ1v) is 12.1. The van der Waals surface area contributed by atoms with Crippen molar-refractivity contribution < 1.29 is 4.74 Å². The van der Waals surface area contributed by atoms with Crippen LogP contribution >= 0.6 is 0 Å². The summed E-state index contributed by atoms with van der Waals surface area (Å²) in [6.45, 7) is 16.8. The Bertz CT molecular complexity index is 1220. The molecule has 0 saturated carbocycles. The zero-order chi connectivity index (χ0) is 26.3. The van der Waals surface area contributed by atoms with E-state index in [-0.39, 0.29) is 11.6 Å². The van der Waals surface area contributed by atoms with E-state index in [2.05, 4.69) is 57.6 Å². The van der Waals surface area contributed by atoms with Gasteiger partial charge in [0.25, 0.3) is 0 Å². The molecular weight excluding hydrogens is 452 g/mol. The molecule has 1 atom stereocenters. The minimum absolute atomic E-state index is 0.112. The summed E-state index contributed by atoms with van der Waals surface area (Å²) in [5, 5.41) is 18.1. The zero-order valence-electron chi connectivity index (χ0n) is 22.0. The third-order valence-electron chi connectivity index (χ3n) is 5.39. The third-order valence-corrected chi connectivity index (χ3v) is 5.39. The van der Waals surface area contributed by atoms with Gasteiger partial charge in [-0.2, -0.15) is 0 Å². The monoisotopic (exact) mass is 488 g/mol. The van der Waals surface area contributed by atoms with Crippen molar-refractivity contribution in [3.8, 4) is 18.0 Å². The van der Waals surface area contributed by atoms with Gasteiger partial charge in [0.1, 0.15) is 17.2 Å². The topological polar surface area (TPSA) is 102 Å². The van der Waals surface area contributed by atoms with E-state index in [1.165, 1.54) is 0 Å². The SMILES string of the molecule is C#Cc1cc(C)c(NC[C@H](CC)NC(=C)OC(C)(C)C)nc1Nc1cnc(CC)c(-n2ccnn2)c1. The Morgan fingerprint density at radius 3 is 2.64 bits per heavy atom. The fraction of sp³-hybridized carbons (Fsp3) is 0.407. The molecule has 3 heterocycles. The summed E-state index contributed by atoms with van der Waals surface area (Å²) in [5.74, 6) is 4.60. The predicted octanol–water partition coefficient (Wildman–Crippen LogP) is 4.72. The molecule has 0 aliphatic carbocycles. The minimum Gasteiger partial charge on any atom is -0.474 e. The second-order valence-corrected chi connectivity index (χ2v) is 9.48. The number of rotatable bonds is 11. The highest BCUT2D eigenvalue weighted by Gasteiger charge is 2.16. The highest BCUT2D eigenvalue weighted by Crippen LogP contribution is 2.25. The Morgan fingerprint density at radius 2 is 2.03 bits per heavy atom. The van der Waals surface area contributed by atoms with Crippen molar-refractivity contribution in [2.24, 2.45) is 0 Å². The molecule has 0 aliphatic rings. The molecule has 0 amide bonds. The highest BCUT2D eigenvalue weighted by molar-refractivity contribution is 5.68. The fourth-order valence-corrected chi connectivity index (χ4v) is 3.64. The molecule has 3 N–H and O–H groups in total. The normalized spacial score (nSPS) is 11.9. The van der Waals surface area contributed by atoms with Crippen LogP contribution in [0.3, 0.4) is 0 Å². The van der Waals surface area contributed by atoms with Crippen molar-refractivity contribution in [2.45, 2.75) is 66.0 Å². The van der Waals surface area contributed by atoms with Crippen molar-refractivity contribution in [3.05, 3.63) is 60.0 Å². The van der Waals surface area contributed by atoms with Gasteiger partial charge in [-0.1, -0.05) is 25.0 Å². The molecule has 0 saturated heterocycles. The Labute approximate surface area is 213 Å². The lowest BCUT2D eigenvalue weighted by Crippen LogP contribution is -2.37. The van der Waals surface area contributed by atoms with Crippen LogP contribution in [0.2, 0.25) is 0 Å². The lowest BCUT2D eigenvalue weighted by atomic mass is 10.1. The number of anilines is 3. The second kappa shape index (κ2) is 11.6. The van der Waals surface area contributed by atoms with Crippen LogP contribution in [0.25, 0.3) is 5.69 Å². The molecule has 0 radical (unpaired) electrons. The maximum absolute atomic E-state index is 5.82. The van der Waals surface area contributed by atoms with Gasteiger partial charge in [0, 0.05) is 12.6 Å². The van der Waals surface area contributed by atoms with Crippen molar-refractivity contribution in [1.29, 1.82) is 0 Å². The number of nitrogens with zero attached hydrogens (tertiary/aromatic N) is 5. The van der Waals surface area contributed by atoms with Crippen LogP contribution in [0, 0.1) is 19.3 Å². The molecule has 0 aromatic carbocycles. The Morgan fingerprint density at radius 1 is 1.25 bits per heavy atom. The van der Waals surface area contributed by atoms with Crippen LogP contribution in [0.15, 0.2) is 43.2 Å². The molecule has 9 nitrogen and oxygen atoms in total. The molecule has 9 heteroatoms. The summed E-state index contributed by atoms with van der Waals surface area (Å²) in [5.41, 5.74) is 3.82. The molecule has 190 valence electrons. The quantitative estimate of drug-likeness (QED) is 0.263. The van der Waals surface area contributed by atoms with Gasteiger partial charge in [-0.25, -0.2) is 9.67 Å². The number of aryl methyl sites for hydroxylation is 2. The summed E-state index contributed by atoms with van der Waals surface area (Å²) < 4.78 is 7.52. The van der Waals surface area contributed by atoms with Gasteiger partial charge in [0.05, 0.1) is 41.2 Å². The first-order chi connectivity index (χ1) is 17.1. The minimum atomic E-state index is -0.308. The third kappa shape index (κ3) is 6.98. The van der Waals surface area contributed by atoms with Gasteiger partial charge < -0.3 is 20.7 Å². The first-order valence-electron chi connectivity index (χ1n) is 12.1. The number of aromatic nitrogens is 5. The van der Waals surface area contributed by atoms with E-state index in [0.29, 0.717) is 23.8 Å². The van der Waals surface area contributed by atoms with E-state index in [9.17, 15) is 0 Å². The number of hydrogen-bond donors (Lipinski definition) is 3. The van der Waals surface area contributed by atoms with Gasteiger partial charge in [-0.05, 0) is 64.8 Å². The smallest absolute Gasteiger partial charge is 0.180 e. The maximum Gasteiger partial charge on any atom is 0.180 e. The van der Waals surface area contributed by atoms with Crippen molar-refractivity contribution >= 4 is 17.3 Å². The van der Waals surface area contributed by atoms with E-state index < -0.39 is 0 Å². The maximum atomic E-state index is 5.82. The van der Waals surface area contributed by atoms with Crippen LogP contribution in [-0.2, 0) is 11.2 Å². The summed E-state index contributed by atoms with van der Waals surface area (Å²) in [6, 6.07) is 4.02. The Kier molecular flexibility index (Phi) is 8.54. The summed E-state index contributed by atoms with van der Waals surface area (Å²) >= 11 is 0. The predicted molar refractivity (Wildman–Crippen MR) is 144 cm³/mol. The van der Waals surface area contributed by atoms with Crippen LogP contribution in [0.5, 0.6) is 0 Å². The number of pyridine rings is 2. The fourth-order valence-electron chi connectivity index (χ4n) is 3.64. The molecular formula is C27H36N8O. The van der Waals surface area contributed by atoms with Crippen LogP contribution in [0.1, 0.15) is 57.9 Å². The highest BCUT2D eigenvalue weighted by atomic mass is 16.5. The summed E-state index contributed by atoms with van der Waals surface area (Å²) in [6.07, 6.45) is 12.6. The molecule has 0 spiro atoms. The molecule has 0 aliphatic heterocycles. The van der Waals surface area contributed by atoms with Gasteiger partial charge >= 0.3 is 0 Å². The summed E-state index contributed by atoms with van der Waals surface area (Å²) in [4.78, 5) is 9.40. The van der Waals surface area contributed by atoms with Crippen molar-refractivity contribution in [2.75, 3.05) is 17.2 Å². The summed E-state index contributed by atoms with van der Waals surface area (Å²) in [7, 11) is 0. The number of nitrogens with one attached hydrogen (secondary N) is 3. The average Bonchev–Trinajstić information content (AvgIpc) is 3.36. The van der Waals surface area contributed by atoms with Gasteiger partial charge in [0.2, 0.25) is 0 Å². The molecule has 3 rings (SSSR count). The van der Waals surface area contributed by atoms with Crippen LogP contribution in [0.4, 0.5) is 17.3 Å². The van der Waals surface area contributed by atoms with Crippen molar-refractivity contribution in [1.82, 2.24) is 30.3 Å². The molecule has 0 fully saturated rings. The van der Waals surface area contributed by atoms with E-state index in [0.717, 1.165) is 41.3 Å². The van der Waals surface area contributed by atoms with Crippen molar-refractivity contribution in [3.63, 3.8) is 0 Å². The Balaban J connectivity index is 1.79. The van der Waals surface area contributed by atoms with Gasteiger partial charge in [-0.15, -0.1) is 11.5 Å². The molecule has 0 bridgehead atoms. The zero-order valence-corrected chi connectivity index (χ0v) is 22.0. The lowest BCUT2D eigenvalue weighted by Gasteiger charge is -2.27. The van der Waals surface area contributed by atoms with Gasteiger partial charge in [0.15, 0.2) is 5.88 Å². The first kappa shape index (κ1) is 26.5.